The van der Waals surface area contributed by atoms with E-state index in [1.807, 2.05) is 0 Å². The first kappa shape index (κ1) is 42.3. The molecule has 0 amide bonds. The van der Waals surface area contributed by atoms with Gasteiger partial charge >= 0.3 is 0 Å². The lowest BCUT2D eigenvalue weighted by Gasteiger charge is -2.30. The highest BCUT2D eigenvalue weighted by molar-refractivity contribution is 5.46. The van der Waals surface area contributed by atoms with E-state index in [9.17, 15) is 0 Å². The topological polar surface area (TPSA) is 0 Å². The average molecular weight is 687 g/mol. The predicted molar refractivity (Wildman–Crippen MR) is 227 cm³/mol. The Morgan fingerprint density at radius 1 is 0.431 bits per heavy atom. The van der Waals surface area contributed by atoms with E-state index >= 15 is 0 Å². The van der Waals surface area contributed by atoms with Gasteiger partial charge in [-0.25, -0.2) is 0 Å². The van der Waals surface area contributed by atoms with E-state index in [2.05, 4.69) is 166 Å². The lowest BCUT2D eigenvalue weighted by atomic mass is 9.73. The normalized spacial score (nSPS) is 14.7. The minimum atomic E-state index is 0.240. The standard InChI is InChI=1S/C35H40.C6H14.2C5H10/c1-6-25(2)7-14-29-15-23-33(24-16-29)35(32-21-12-28(5)13-22-32)34(30-17-8-26(3)9-18-30)31-19-10-27(4)11-20-31;1-4-6(3)5-2;2*1-2-5-3-4-5/h8-13,15-25,34-35H,6-7,14H2,1-5H3;6H,4-5H2,1-3H3;2*5H,2-4H2,1H3. The summed E-state index contributed by atoms with van der Waals surface area (Å²) in [6.45, 7) is 22.4. The third-order valence-corrected chi connectivity index (χ3v) is 11.5. The SMILES string of the molecule is CCC(C)CC.CCC(C)CCc1ccc(C(c2ccc(C)cc2)C(c2ccc(C)cc2)c2ccc(C)cc2)cc1.CCC1CC1.CCC1CC1. The van der Waals surface area contributed by atoms with Gasteiger partial charge in [0.15, 0.2) is 0 Å². The van der Waals surface area contributed by atoms with Crippen LogP contribution in [0.25, 0.3) is 0 Å². The molecule has 2 aliphatic rings. The Hall–Kier alpha value is -3.12. The van der Waals surface area contributed by atoms with E-state index in [0.717, 1.165) is 30.1 Å². The maximum atomic E-state index is 2.38. The Labute approximate surface area is 315 Å². The van der Waals surface area contributed by atoms with Crippen molar-refractivity contribution in [1.82, 2.24) is 0 Å². The summed E-state index contributed by atoms with van der Waals surface area (Å²) in [6.07, 6.45) is 15.2. The molecule has 0 bridgehead atoms. The molecule has 0 aliphatic heterocycles. The summed E-state index contributed by atoms with van der Waals surface area (Å²) in [7, 11) is 0. The van der Waals surface area contributed by atoms with Crippen LogP contribution in [0.5, 0.6) is 0 Å². The number of hydrogen-bond donors (Lipinski definition) is 0. The fourth-order valence-electron chi connectivity index (χ4n) is 6.33. The summed E-state index contributed by atoms with van der Waals surface area (Å²) in [5.41, 5.74) is 10.8. The molecule has 0 heterocycles. The summed E-state index contributed by atoms with van der Waals surface area (Å²) in [5, 5.41) is 0. The first-order valence-corrected chi connectivity index (χ1v) is 20.9. The molecule has 4 aromatic carbocycles. The minimum absolute atomic E-state index is 0.240. The maximum Gasteiger partial charge on any atom is 0.0199 e. The van der Waals surface area contributed by atoms with E-state index in [1.165, 1.54) is 109 Å². The second-order valence-corrected chi connectivity index (χ2v) is 16.1. The Kier molecular flexibility index (Phi) is 18.9. The van der Waals surface area contributed by atoms with Gasteiger partial charge in [-0.2, -0.15) is 0 Å². The van der Waals surface area contributed by atoms with Gasteiger partial charge in [0.2, 0.25) is 0 Å². The first-order chi connectivity index (χ1) is 24.6. The molecule has 6 rings (SSSR count). The summed E-state index contributed by atoms with van der Waals surface area (Å²) in [6, 6.07) is 36.9. The molecule has 0 aromatic heterocycles. The molecular weight excluding hydrogens is 613 g/mol. The third kappa shape index (κ3) is 15.6. The highest BCUT2D eigenvalue weighted by Crippen LogP contribution is 2.43. The van der Waals surface area contributed by atoms with E-state index in [4.69, 9.17) is 0 Å². The van der Waals surface area contributed by atoms with Crippen molar-refractivity contribution < 1.29 is 0 Å². The van der Waals surface area contributed by atoms with Crippen molar-refractivity contribution in [2.75, 3.05) is 0 Å². The summed E-state index contributed by atoms with van der Waals surface area (Å²) in [4.78, 5) is 0. The molecule has 2 fully saturated rings. The van der Waals surface area contributed by atoms with Gasteiger partial charge in [-0.3, -0.25) is 0 Å². The van der Waals surface area contributed by atoms with Gasteiger partial charge < -0.3 is 0 Å². The van der Waals surface area contributed by atoms with Crippen LogP contribution in [-0.4, -0.2) is 0 Å². The second-order valence-electron chi connectivity index (χ2n) is 16.1. The molecule has 0 spiro atoms. The monoisotopic (exact) mass is 687 g/mol. The van der Waals surface area contributed by atoms with Crippen LogP contribution in [0.4, 0.5) is 0 Å². The zero-order chi connectivity index (χ0) is 37.2. The zero-order valence-corrected chi connectivity index (χ0v) is 34.5. The number of hydrogen-bond acceptors (Lipinski definition) is 0. The van der Waals surface area contributed by atoms with Crippen LogP contribution >= 0.6 is 0 Å². The maximum absolute atomic E-state index is 2.38. The molecular formula is C51H74. The molecule has 0 radical (unpaired) electrons. The van der Waals surface area contributed by atoms with Gasteiger partial charge in [-0.05, 0) is 85.1 Å². The van der Waals surface area contributed by atoms with Crippen molar-refractivity contribution in [2.45, 2.75) is 152 Å². The molecule has 51 heavy (non-hydrogen) atoms. The minimum Gasteiger partial charge on any atom is -0.0651 e. The van der Waals surface area contributed by atoms with Crippen LogP contribution in [0, 0.1) is 44.4 Å². The van der Waals surface area contributed by atoms with Gasteiger partial charge in [0.05, 0.1) is 0 Å². The van der Waals surface area contributed by atoms with Gasteiger partial charge in [-0.1, -0.05) is 220 Å². The van der Waals surface area contributed by atoms with Crippen molar-refractivity contribution in [1.29, 1.82) is 0 Å². The molecule has 0 saturated heterocycles. The van der Waals surface area contributed by atoms with Crippen LogP contribution in [0.15, 0.2) is 97.1 Å². The van der Waals surface area contributed by atoms with Crippen molar-refractivity contribution in [3.05, 3.63) is 142 Å². The Morgan fingerprint density at radius 2 is 0.725 bits per heavy atom. The molecule has 4 aromatic rings. The second kappa shape index (κ2) is 22.7. The predicted octanol–water partition coefficient (Wildman–Crippen LogP) is 15.6. The molecule has 0 N–H and O–H groups in total. The zero-order valence-electron chi connectivity index (χ0n) is 34.5. The van der Waals surface area contributed by atoms with Crippen molar-refractivity contribution >= 4 is 0 Å². The summed E-state index contributed by atoms with van der Waals surface area (Å²) < 4.78 is 0. The van der Waals surface area contributed by atoms with Crippen molar-refractivity contribution in [3.8, 4) is 0 Å². The molecule has 2 atom stereocenters. The average Bonchev–Trinajstić information content (AvgIpc) is 4.10. The fraction of sp³-hybridized carbons (Fsp3) is 0.529. The highest BCUT2D eigenvalue weighted by atomic mass is 14.3. The fourth-order valence-corrected chi connectivity index (χ4v) is 6.33. The van der Waals surface area contributed by atoms with E-state index in [1.54, 1.807) is 0 Å². The van der Waals surface area contributed by atoms with Crippen LogP contribution < -0.4 is 0 Å². The molecule has 278 valence electrons. The van der Waals surface area contributed by atoms with Crippen molar-refractivity contribution in [2.24, 2.45) is 23.7 Å². The summed E-state index contributed by atoms with van der Waals surface area (Å²) in [5.74, 6) is 4.46. The number of aryl methyl sites for hydroxylation is 4. The smallest absolute Gasteiger partial charge is 0.0199 e. The van der Waals surface area contributed by atoms with Gasteiger partial charge in [0, 0.05) is 11.8 Å². The van der Waals surface area contributed by atoms with Crippen molar-refractivity contribution in [3.63, 3.8) is 0 Å². The van der Waals surface area contributed by atoms with E-state index < -0.39 is 0 Å². The Balaban J connectivity index is 0.000000358. The number of benzene rings is 4. The van der Waals surface area contributed by atoms with E-state index in [0.29, 0.717) is 0 Å². The lowest BCUT2D eigenvalue weighted by Crippen LogP contribution is -2.15. The molecule has 2 unspecified atom stereocenters. The quantitative estimate of drug-likeness (QED) is 0.131. The van der Waals surface area contributed by atoms with Gasteiger partial charge in [-0.15, -0.1) is 0 Å². The van der Waals surface area contributed by atoms with Crippen LogP contribution in [0.3, 0.4) is 0 Å². The Morgan fingerprint density at radius 3 is 0.941 bits per heavy atom. The van der Waals surface area contributed by atoms with Gasteiger partial charge in [0.1, 0.15) is 0 Å². The van der Waals surface area contributed by atoms with Crippen LogP contribution in [-0.2, 0) is 6.42 Å². The largest absolute Gasteiger partial charge is 0.0651 e. The highest BCUT2D eigenvalue weighted by Gasteiger charge is 2.28. The molecule has 2 saturated carbocycles. The lowest BCUT2D eigenvalue weighted by molar-refractivity contribution is 0.516. The van der Waals surface area contributed by atoms with E-state index in [-0.39, 0.29) is 11.8 Å². The molecule has 2 aliphatic carbocycles. The third-order valence-electron chi connectivity index (χ3n) is 11.5. The summed E-state index contributed by atoms with van der Waals surface area (Å²) >= 11 is 0. The molecule has 0 heteroatoms. The first-order valence-electron chi connectivity index (χ1n) is 20.9. The van der Waals surface area contributed by atoms with Crippen LogP contribution in [0.2, 0.25) is 0 Å². The molecule has 0 nitrogen and oxygen atoms in total. The van der Waals surface area contributed by atoms with Gasteiger partial charge in [0.25, 0.3) is 0 Å². The van der Waals surface area contributed by atoms with Crippen LogP contribution in [0.1, 0.15) is 169 Å². The Bertz CT molecular complexity index is 1390. The number of rotatable bonds is 13.